The highest BCUT2D eigenvalue weighted by Gasteiger charge is 2.39. The number of ether oxygens (including phenoxy) is 1. The number of carbonyl (C=O) groups excluding carboxylic acids is 2. The zero-order valence-corrected chi connectivity index (χ0v) is 11.0. The molecular weight excluding hydrogens is 258 g/mol. The SMILES string of the molecule is COC(=O)c1cccc2c1NC(C(=O)[O-])C1CC=CC21. The van der Waals surface area contributed by atoms with E-state index in [1.54, 1.807) is 12.1 Å². The highest BCUT2D eigenvalue weighted by atomic mass is 16.5. The lowest BCUT2D eigenvalue weighted by Gasteiger charge is -2.38. The van der Waals surface area contributed by atoms with Crippen LogP contribution < -0.4 is 10.4 Å². The van der Waals surface area contributed by atoms with Gasteiger partial charge in [-0.05, 0) is 24.0 Å². The van der Waals surface area contributed by atoms with E-state index in [1.807, 2.05) is 18.2 Å². The molecule has 20 heavy (non-hydrogen) atoms. The minimum absolute atomic E-state index is 0.00115. The molecule has 1 aliphatic heterocycles. The van der Waals surface area contributed by atoms with Gasteiger partial charge in [-0.25, -0.2) is 4.79 Å². The molecule has 0 fully saturated rings. The first-order valence-electron chi connectivity index (χ1n) is 6.48. The van der Waals surface area contributed by atoms with Gasteiger partial charge in [0.25, 0.3) is 0 Å². The number of hydrogen-bond donors (Lipinski definition) is 1. The lowest BCUT2D eigenvalue weighted by Crippen LogP contribution is -2.49. The Morgan fingerprint density at radius 3 is 2.90 bits per heavy atom. The summed E-state index contributed by atoms with van der Waals surface area (Å²) in [6.45, 7) is 0. The molecule has 5 heteroatoms. The average molecular weight is 272 g/mol. The smallest absolute Gasteiger partial charge is 0.339 e. The van der Waals surface area contributed by atoms with Crippen molar-refractivity contribution >= 4 is 17.6 Å². The molecule has 1 N–H and O–H groups in total. The summed E-state index contributed by atoms with van der Waals surface area (Å²) in [5.74, 6) is -1.69. The Morgan fingerprint density at radius 2 is 2.20 bits per heavy atom. The molecule has 104 valence electrons. The molecule has 0 saturated carbocycles. The lowest BCUT2D eigenvalue weighted by molar-refractivity contribution is -0.308. The van der Waals surface area contributed by atoms with E-state index in [0.29, 0.717) is 17.7 Å². The highest BCUT2D eigenvalue weighted by molar-refractivity contribution is 5.98. The topological polar surface area (TPSA) is 78.5 Å². The number of methoxy groups -OCH3 is 1. The predicted octanol–water partition coefficient (Wildman–Crippen LogP) is 0.677. The van der Waals surface area contributed by atoms with Crippen LogP contribution in [-0.4, -0.2) is 25.1 Å². The Balaban J connectivity index is 2.12. The summed E-state index contributed by atoms with van der Waals surface area (Å²) >= 11 is 0. The van der Waals surface area contributed by atoms with Crippen LogP contribution in [0.1, 0.15) is 28.3 Å². The van der Waals surface area contributed by atoms with Crippen LogP contribution in [0.4, 0.5) is 5.69 Å². The van der Waals surface area contributed by atoms with Crippen molar-refractivity contribution in [3.8, 4) is 0 Å². The molecule has 2 aliphatic rings. The number of anilines is 1. The minimum Gasteiger partial charge on any atom is -0.548 e. The van der Waals surface area contributed by atoms with Crippen LogP contribution in [-0.2, 0) is 9.53 Å². The zero-order valence-electron chi connectivity index (χ0n) is 11.0. The van der Waals surface area contributed by atoms with Crippen LogP contribution in [0.15, 0.2) is 30.4 Å². The van der Waals surface area contributed by atoms with Crippen LogP contribution in [0.3, 0.4) is 0 Å². The van der Waals surface area contributed by atoms with Gasteiger partial charge in [0, 0.05) is 5.92 Å². The van der Waals surface area contributed by atoms with Crippen molar-refractivity contribution in [3.63, 3.8) is 0 Å². The number of benzene rings is 1. The monoisotopic (exact) mass is 272 g/mol. The number of allylic oxidation sites excluding steroid dienone is 2. The van der Waals surface area contributed by atoms with Crippen molar-refractivity contribution in [2.24, 2.45) is 5.92 Å². The van der Waals surface area contributed by atoms with Crippen molar-refractivity contribution in [1.29, 1.82) is 0 Å². The van der Waals surface area contributed by atoms with E-state index in [0.717, 1.165) is 5.56 Å². The Hall–Kier alpha value is -2.30. The maximum absolute atomic E-state index is 11.8. The standard InChI is InChI=1S/C15H15NO4/c1-20-15(19)11-7-3-5-9-8-4-2-6-10(8)13(14(17)18)16-12(9)11/h2-5,7-8,10,13,16H,6H2,1H3,(H,17,18)/p-1. The molecule has 0 radical (unpaired) electrons. The quantitative estimate of drug-likeness (QED) is 0.632. The molecule has 1 heterocycles. The average Bonchev–Trinajstić information content (AvgIpc) is 2.94. The van der Waals surface area contributed by atoms with E-state index >= 15 is 0 Å². The van der Waals surface area contributed by atoms with Gasteiger partial charge in [0.05, 0.1) is 30.4 Å². The van der Waals surface area contributed by atoms with Crippen LogP contribution in [0, 0.1) is 5.92 Å². The van der Waals surface area contributed by atoms with Crippen molar-refractivity contribution in [3.05, 3.63) is 41.5 Å². The molecule has 0 bridgehead atoms. The summed E-state index contributed by atoms with van der Waals surface area (Å²) in [5, 5.41) is 14.3. The van der Waals surface area contributed by atoms with Gasteiger partial charge in [0.2, 0.25) is 0 Å². The number of nitrogens with one attached hydrogen (secondary N) is 1. The van der Waals surface area contributed by atoms with Crippen LogP contribution in [0.25, 0.3) is 0 Å². The van der Waals surface area contributed by atoms with E-state index in [1.165, 1.54) is 7.11 Å². The molecule has 0 spiro atoms. The number of carboxylic acid groups (broad SMARTS) is 1. The van der Waals surface area contributed by atoms with E-state index in [4.69, 9.17) is 4.74 Å². The Kier molecular flexibility index (Phi) is 2.97. The fourth-order valence-electron chi connectivity index (χ4n) is 3.13. The van der Waals surface area contributed by atoms with Crippen molar-refractivity contribution in [2.45, 2.75) is 18.4 Å². The molecule has 1 aromatic rings. The maximum Gasteiger partial charge on any atom is 0.339 e. The largest absolute Gasteiger partial charge is 0.548 e. The highest BCUT2D eigenvalue weighted by Crippen LogP contribution is 2.45. The van der Waals surface area contributed by atoms with Crippen LogP contribution in [0.5, 0.6) is 0 Å². The Morgan fingerprint density at radius 1 is 1.40 bits per heavy atom. The van der Waals surface area contributed by atoms with Gasteiger partial charge in [-0.15, -0.1) is 0 Å². The molecule has 1 aliphatic carbocycles. The van der Waals surface area contributed by atoms with Crippen molar-refractivity contribution in [2.75, 3.05) is 12.4 Å². The summed E-state index contributed by atoms with van der Waals surface area (Å²) in [4.78, 5) is 23.2. The van der Waals surface area contributed by atoms with Crippen LogP contribution in [0.2, 0.25) is 0 Å². The normalized spacial score (nSPS) is 26.4. The number of esters is 1. The molecule has 0 aromatic heterocycles. The maximum atomic E-state index is 11.8. The number of fused-ring (bicyclic) bond motifs is 3. The minimum atomic E-state index is -1.14. The fourth-order valence-corrected chi connectivity index (χ4v) is 3.13. The van der Waals surface area contributed by atoms with Crippen LogP contribution >= 0.6 is 0 Å². The molecule has 3 atom stereocenters. The second-order valence-corrected chi connectivity index (χ2v) is 5.06. The van der Waals surface area contributed by atoms with Gasteiger partial charge in [-0.2, -0.15) is 0 Å². The Bertz CT molecular complexity index is 608. The number of aliphatic carboxylic acids is 1. The first kappa shape index (κ1) is 12.7. The first-order chi connectivity index (χ1) is 9.63. The number of carboxylic acids is 1. The summed E-state index contributed by atoms with van der Waals surface area (Å²) in [6.07, 6.45) is 4.67. The summed E-state index contributed by atoms with van der Waals surface area (Å²) < 4.78 is 4.75. The van der Waals surface area contributed by atoms with E-state index < -0.39 is 18.0 Å². The zero-order chi connectivity index (χ0) is 14.3. The summed E-state index contributed by atoms with van der Waals surface area (Å²) in [7, 11) is 1.30. The third kappa shape index (κ3) is 1.78. The molecule has 3 rings (SSSR count). The molecule has 1 aromatic carbocycles. The summed E-state index contributed by atoms with van der Waals surface area (Å²) in [5.41, 5.74) is 1.83. The molecule has 5 nitrogen and oxygen atoms in total. The van der Waals surface area contributed by atoms with E-state index in [-0.39, 0.29) is 11.8 Å². The third-order valence-corrected chi connectivity index (χ3v) is 4.06. The molecule has 0 amide bonds. The molecule has 0 saturated heterocycles. The van der Waals surface area contributed by atoms with Crippen molar-refractivity contribution in [1.82, 2.24) is 0 Å². The van der Waals surface area contributed by atoms with Gasteiger partial charge >= 0.3 is 5.97 Å². The predicted molar refractivity (Wildman–Crippen MR) is 70.2 cm³/mol. The van der Waals surface area contributed by atoms with Gasteiger partial charge in [0.15, 0.2) is 0 Å². The number of hydrogen-bond acceptors (Lipinski definition) is 5. The molecular formula is C15H14NO4-. The number of rotatable bonds is 2. The van der Waals surface area contributed by atoms with Gasteiger partial charge in [0.1, 0.15) is 0 Å². The van der Waals surface area contributed by atoms with Gasteiger partial charge in [-0.1, -0.05) is 24.3 Å². The fraction of sp³-hybridized carbons (Fsp3) is 0.333. The third-order valence-electron chi connectivity index (χ3n) is 4.06. The van der Waals surface area contributed by atoms with Crippen molar-refractivity contribution < 1.29 is 19.4 Å². The second kappa shape index (κ2) is 4.67. The Labute approximate surface area is 116 Å². The summed E-state index contributed by atoms with van der Waals surface area (Å²) in [6, 6.07) is 4.53. The lowest BCUT2D eigenvalue weighted by atomic mass is 9.78. The van der Waals surface area contributed by atoms with Gasteiger partial charge < -0.3 is 20.0 Å². The second-order valence-electron chi connectivity index (χ2n) is 5.06. The first-order valence-corrected chi connectivity index (χ1v) is 6.48. The van der Waals surface area contributed by atoms with E-state index in [9.17, 15) is 14.7 Å². The number of carbonyl (C=O) groups is 2. The number of para-hydroxylation sites is 1. The van der Waals surface area contributed by atoms with E-state index in [2.05, 4.69) is 5.32 Å². The molecule has 3 unspecified atom stereocenters. The van der Waals surface area contributed by atoms with Gasteiger partial charge in [-0.3, -0.25) is 0 Å².